The first-order valence-corrected chi connectivity index (χ1v) is 18.0. The van der Waals surface area contributed by atoms with E-state index in [1.807, 2.05) is 0 Å². The third-order valence-electron chi connectivity index (χ3n) is 8.98. The van der Waals surface area contributed by atoms with Gasteiger partial charge >= 0.3 is 17.9 Å². The van der Waals surface area contributed by atoms with E-state index in [0.717, 1.165) is 77.0 Å². The van der Waals surface area contributed by atoms with Crippen LogP contribution in [0.25, 0.3) is 0 Å². The van der Waals surface area contributed by atoms with E-state index in [9.17, 15) is 14.4 Å². The lowest BCUT2D eigenvalue weighted by molar-refractivity contribution is -0.146. The molecule has 1 saturated carbocycles. The number of unbranched alkanes of at least 4 members (excludes halogenated alkanes) is 12. The summed E-state index contributed by atoms with van der Waals surface area (Å²) in [5, 5.41) is 0. The molecule has 246 valence electrons. The molecule has 6 nitrogen and oxygen atoms in total. The molecule has 6 heteroatoms. The van der Waals surface area contributed by atoms with Crippen LogP contribution in [0.1, 0.15) is 175 Å². The van der Waals surface area contributed by atoms with Gasteiger partial charge in [0.1, 0.15) is 0 Å². The number of rotatable bonds is 27. The minimum absolute atomic E-state index is 0.0795. The first kappa shape index (κ1) is 38.4. The maximum absolute atomic E-state index is 12.5. The van der Waals surface area contributed by atoms with Crippen molar-refractivity contribution >= 4 is 17.9 Å². The zero-order valence-corrected chi connectivity index (χ0v) is 27.8. The molecular formula is C36H66O6. The molecule has 0 spiro atoms. The van der Waals surface area contributed by atoms with E-state index in [2.05, 4.69) is 20.8 Å². The summed E-state index contributed by atoms with van der Waals surface area (Å²) in [6.45, 7) is 8.18. The van der Waals surface area contributed by atoms with E-state index >= 15 is 0 Å². The number of esters is 3. The van der Waals surface area contributed by atoms with Crippen molar-refractivity contribution in [1.82, 2.24) is 0 Å². The third kappa shape index (κ3) is 21.2. The fourth-order valence-corrected chi connectivity index (χ4v) is 6.24. The minimum Gasteiger partial charge on any atom is -0.466 e. The molecule has 1 fully saturated rings. The zero-order valence-electron chi connectivity index (χ0n) is 27.8. The van der Waals surface area contributed by atoms with Crippen LogP contribution in [0.15, 0.2) is 0 Å². The Morgan fingerprint density at radius 1 is 0.476 bits per heavy atom. The molecule has 1 rings (SSSR count). The predicted molar refractivity (Wildman–Crippen MR) is 171 cm³/mol. The highest BCUT2D eigenvalue weighted by Crippen LogP contribution is 2.41. The first-order valence-electron chi connectivity index (χ1n) is 18.0. The summed E-state index contributed by atoms with van der Waals surface area (Å²) in [5.74, 6) is 0.979. The molecule has 0 aromatic heterocycles. The van der Waals surface area contributed by atoms with Gasteiger partial charge in [-0.15, -0.1) is 0 Å². The Hall–Kier alpha value is -1.59. The van der Waals surface area contributed by atoms with Crippen molar-refractivity contribution < 1.29 is 28.6 Å². The molecule has 3 atom stereocenters. The summed E-state index contributed by atoms with van der Waals surface area (Å²) in [7, 11) is 0. The highest BCUT2D eigenvalue weighted by atomic mass is 16.5. The lowest BCUT2D eigenvalue weighted by atomic mass is 9.69. The van der Waals surface area contributed by atoms with Crippen LogP contribution in [0.2, 0.25) is 0 Å². The summed E-state index contributed by atoms with van der Waals surface area (Å²) in [5.41, 5.74) is 0. The van der Waals surface area contributed by atoms with E-state index in [0.29, 0.717) is 56.8 Å². The van der Waals surface area contributed by atoms with Crippen molar-refractivity contribution in [2.45, 2.75) is 175 Å². The normalized spacial score (nSPS) is 18.5. The van der Waals surface area contributed by atoms with Crippen LogP contribution in [0.5, 0.6) is 0 Å². The van der Waals surface area contributed by atoms with Gasteiger partial charge in [-0.3, -0.25) is 14.4 Å². The molecule has 1 aliphatic rings. The third-order valence-corrected chi connectivity index (χ3v) is 8.98. The summed E-state index contributed by atoms with van der Waals surface area (Å²) in [6.07, 6.45) is 24.1. The van der Waals surface area contributed by atoms with Gasteiger partial charge in [-0.1, -0.05) is 104 Å². The quantitative estimate of drug-likeness (QED) is 0.0535. The fourth-order valence-electron chi connectivity index (χ4n) is 6.24. The monoisotopic (exact) mass is 594 g/mol. The van der Waals surface area contributed by atoms with Crippen molar-refractivity contribution in [2.24, 2.45) is 17.8 Å². The summed E-state index contributed by atoms with van der Waals surface area (Å²) in [4.78, 5) is 37.2. The summed E-state index contributed by atoms with van der Waals surface area (Å²) < 4.78 is 16.5. The Kier molecular flexibility index (Phi) is 24.7. The predicted octanol–water partition coefficient (Wildman–Crippen LogP) is 9.90. The molecule has 0 aromatic rings. The molecule has 0 saturated heterocycles. The second-order valence-corrected chi connectivity index (χ2v) is 12.7. The van der Waals surface area contributed by atoms with Gasteiger partial charge in [0.05, 0.1) is 19.8 Å². The maximum atomic E-state index is 12.5. The molecule has 0 aliphatic heterocycles. The molecule has 0 heterocycles. The van der Waals surface area contributed by atoms with E-state index < -0.39 is 0 Å². The van der Waals surface area contributed by atoms with Gasteiger partial charge in [0.15, 0.2) is 0 Å². The molecule has 3 unspecified atom stereocenters. The van der Waals surface area contributed by atoms with Crippen LogP contribution in [-0.2, 0) is 28.6 Å². The summed E-state index contributed by atoms with van der Waals surface area (Å²) in [6, 6.07) is 0. The van der Waals surface area contributed by atoms with E-state index in [1.165, 1.54) is 57.8 Å². The molecule has 0 bridgehead atoms. The van der Waals surface area contributed by atoms with Crippen LogP contribution in [-0.4, -0.2) is 37.7 Å². The SMILES string of the molecule is CCCCCCCOC(=O)CCC1CCC(CCC(=O)OCCCCCCC)C(CCC(=O)OCCCCCCC)C1. The standard InChI is InChI=1S/C36H66O6/c1-4-7-10-13-16-27-40-34(37)24-20-31-19-21-32(22-25-35(38)41-28-17-14-11-8-5-2)33(30-31)23-26-36(39)42-29-18-15-12-9-6-3/h31-33H,4-30H2,1-3H3. The van der Waals surface area contributed by atoms with Crippen molar-refractivity contribution in [1.29, 1.82) is 0 Å². The average molecular weight is 595 g/mol. The van der Waals surface area contributed by atoms with E-state index in [-0.39, 0.29) is 17.9 Å². The summed E-state index contributed by atoms with van der Waals surface area (Å²) >= 11 is 0. The van der Waals surface area contributed by atoms with Crippen molar-refractivity contribution in [2.75, 3.05) is 19.8 Å². The van der Waals surface area contributed by atoms with Crippen LogP contribution in [0.3, 0.4) is 0 Å². The maximum Gasteiger partial charge on any atom is 0.305 e. The van der Waals surface area contributed by atoms with Gasteiger partial charge in [-0.2, -0.15) is 0 Å². The molecule has 0 N–H and O–H groups in total. The molecule has 0 amide bonds. The Morgan fingerprint density at radius 3 is 1.29 bits per heavy atom. The molecule has 0 radical (unpaired) electrons. The number of ether oxygens (including phenoxy) is 3. The highest BCUT2D eigenvalue weighted by molar-refractivity contribution is 5.70. The number of hydrogen-bond donors (Lipinski definition) is 0. The topological polar surface area (TPSA) is 78.9 Å². The van der Waals surface area contributed by atoms with Crippen molar-refractivity contribution in [3.05, 3.63) is 0 Å². The lowest BCUT2D eigenvalue weighted by Crippen LogP contribution is -2.27. The van der Waals surface area contributed by atoms with Gasteiger partial charge in [0.25, 0.3) is 0 Å². The van der Waals surface area contributed by atoms with E-state index in [1.54, 1.807) is 0 Å². The Bertz CT molecular complexity index is 678. The Morgan fingerprint density at radius 2 is 0.857 bits per heavy atom. The number of hydrogen-bond acceptors (Lipinski definition) is 6. The van der Waals surface area contributed by atoms with Gasteiger partial charge in [0, 0.05) is 19.3 Å². The average Bonchev–Trinajstić information content (AvgIpc) is 2.99. The van der Waals surface area contributed by atoms with Gasteiger partial charge in [-0.05, 0) is 69.1 Å². The smallest absolute Gasteiger partial charge is 0.305 e. The second kappa shape index (κ2) is 27.0. The Labute approximate surface area is 258 Å². The first-order chi connectivity index (χ1) is 20.5. The minimum atomic E-state index is -0.101. The van der Waals surface area contributed by atoms with Crippen LogP contribution < -0.4 is 0 Å². The number of carbonyl (C=O) groups is 3. The number of carbonyl (C=O) groups excluding carboxylic acids is 3. The van der Waals surface area contributed by atoms with Crippen LogP contribution in [0.4, 0.5) is 0 Å². The van der Waals surface area contributed by atoms with E-state index in [4.69, 9.17) is 14.2 Å². The molecule has 1 aliphatic carbocycles. The Balaban J connectivity index is 2.46. The van der Waals surface area contributed by atoms with Crippen LogP contribution >= 0.6 is 0 Å². The van der Waals surface area contributed by atoms with Gasteiger partial charge < -0.3 is 14.2 Å². The zero-order chi connectivity index (χ0) is 30.7. The molecule has 42 heavy (non-hydrogen) atoms. The van der Waals surface area contributed by atoms with Crippen LogP contribution in [0, 0.1) is 17.8 Å². The van der Waals surface area contributed by atoms with Gasteiger partial charge in [0.2, 0.25) is 0 Å². The highest BCUT2D eigenvalue weighted by Gasteiger charge is 2.31. The van der Waals surface area contributed by atoms with Crippen molar-refractivity contribution in [3.8, 4) is 0 Å². The molecule has 0 aromatic carbocycles. The van der Waals surface area contributed by atoms with Gasteiger partial charge in [-0.25, -0.2) is 0 Å². The molecular weight excluding hydrogens is 528 g/mol. The second-order valence-electron chi connectivity index (χ2n) is 12.7. The largest absolute Gasteiger partial charge is 0.466 e. The van der Waals surface area contributed by atoms with Crippen molar-refractivity contribution in [3.63, 3.8) is 0 Å². The fraction of sp³-hybridized carbons (Fsp3) is 0.917. The lowest BCUT2D eigenvalue weighted by Gasteiger charge is -2.36.